The fraction of sp³-hybridized carbons (Fsp3) is 0.364. The van der Waals surface area contributed by atoms with Crippen LogP contribution >= 0.6 is 15.9 Å². The average molecular weight is 238 g/mol. The Balaban J connectivity index is 2.85. The predicted octanol–water partition coefficient (Wildman–Crippen LogP) is 3.66. The van der Waals surface area contributed by atoms with Gasteiger partial charge in [0.1, 0.15) is 0 Å². The second-order valence-electron chi connectivity index (χ2n) is 3.02. The van der Waals surface area contributed by atoms with E-state index >= 15 is 0 Å². The van der Waals surface area contributed by atoms with Crippen molar-refractivity contribution >= 4 is 15.9 Å². The fourth-order valence-electron chi connectivity index (χ4n) is 1.20. The third-order valence-electron chi connectivity index (χ3n) is 1.97. The zero-order valence-electron chi connectivity index (χ0n) is 7.68. The van der Waals surface area contributed by atoms with Crippen molar-refractivity contribution in [1.29, 1.82) is 5.26 Å². The molecule has 0 spiro atoms. The first kappa shape index (κ1) is 10.3. The first-order chi connectivity index (χ1) is 6.27. The third kappa shape index (κ3) is 2.86. The summed E-state index contributed by atoms with van der Waals surface area (Å²) in [6.45, 7) is 2.17. The van der Waals surface area contributed by atoms with Gasteiger partial charge in [-0.1, -0.05) is 29.3 Å². The Morgan fingerprint density at radius 3 is 2.85 bits per heavy atom. The van der Waals surface area contributed by atoms with E-state index in [1.807, 2.05) is 18.2 Å². The minimum atomic E-state index is 0.745. The smallest absolute Gasteiger partial charge is 0.0991 e. The zero-order chi connectivity index (χ0) is 9.68. The number of nitrogens with zero attached hydrogens (tertiary/aromatic N) is 1. The molecule has 0 aliphatic carbocycles. The van der Waals surface area contributed by atoms with Crippen LogP contribution < -0.4 is 0 Å². The normalized spacial score (nSPS) is 9.62. The molecule has 1 nitrogen and oxygen atoms in total. The molecule has 0 fully saturated rings. The number of nitriles is 1. The topological polar surface area (TPSA) is 23.8 Å². The Morgan fingerprint density at radius 2 is 2.23 bits per heavy atom. The molecule has 1 rings (SSSR count). The first-order valence-electron chi connectivity index (χ1n) is 4.46. The number of halogens is 1. The van der Waals surface area contributed by atoms with Gasteiger partial charge in [0.25, 0.3) is 0 Å². The number of unbranched alkanes of at least 4 members (excludes halogenated alkanes) is 1. The van der Waals surface area contributed by atoms with Gasteiger partial charge in [-0.25, -0.2) is 0 Å². The van der Waals surface area contributed by atoms with Gasteiger partial charge in [0.15, 0.2) is 0 Å². The lowest BCUT2D eigenvalue weighted by molar-refractivity contribution is 0.792. The van der Waals surface area contributed by atoms with Gasteiger partial charge in [-0.15, -0.1) is 0 Å². The second kappa shape index (κ2) is 5.04. The van der Waals surface area contributed by atoms with Crippen LogP contribution in [0.2, 0.25) is 0 Å². The van der Waals surface area contributed by atoms with Crippen molar-refractivity contribution < 1.29 is 0 Å². The summed E-state index contributed by atoms with van der Waals surface area (Å²) >= 11 is 3.48. The van der Waals surface area contributed by atoms with E-state index in [2.05, 4.69) is 28.9 Å². The van der Waals surface area contributed by atoms with Crippen LogP contribution in [-0.4, -0.2) is 0 Å². The molecule has 1 aromatic rings. The highest BCUT2D eigenvalue weighted by atomic mass is 79.9. The maximum atomic E-state index is 8.71. The molecule has 1 aromatic carbocycles. The zero-order valence-corrected chi connectivity index (χ0v) is 9.26. The summed E-state index contributed by atoms with van der Waals surface area (Å²) in [4.78, 5) is 0. The van der Waals surface area contributed by atoms with Crippen molar-refractivity contribution in [3.63, 3.8) is 0 Å². The highest BCUT2D eigenvalue weighted by molar-refractivity contribution is 9.10. The summed E-state index contributed by atoms with van der Waals surface area (Å²) in [6, 6.07) is 7.89. The van der Waals surface area contributed by atoms with Gasteiger partial charge >= 0.3 is 0 Å². The molecule has 0 N–H and O–H groups in total. The van der Waals surface area contributed by atoms with Crippen LogP contribution in [0, 0.1) is 11.3 Å². The first-order valence-corrected chi connectivity index (χ1v) is 5.25. The van der Waals surface area contributed by atoms with E-state index in [0.717, 1.165) is 16.5 Å². The Hall–Kier alpha value is -0.810. The summed E-state index contributed by atoms with van der Waals surface area (Å²) in [6.07, 6.45) is 3.41. The Kier molecular flexibility index (Phi) is 3.98. The lowest BCUT2D eigenvalue weighted by atomic mass is 10.1. The molecule has 0 aliphatic heterocycles. The van der Waals surface area contributed by atoms with Crippen LogP contribution in [0.25, 0.3) is 0 Å². The molecule has 0 amide bonds. The molecule has 0 atom stereocenters. The summed E-state index contributed by atoms with van der Waals surface area (Å²) in [5.41, 5.74) is 1.98. The molecular formula is C11H12BrN. The quantitative estimate of drug-likeness (QED) is 0.788. The van der Waals surface area contributed by atoms with Gasteiger partial charge in [-0.3, -0.25) is 0 Å². The molecule has 68 valence electrons. The Morgan fingerprint density at radius 1 is 1.46 bits per heavy atom. The number of rotatable bonds is 3. The van der Waals surface area contributed by atoms with Crippen LogP contribution in [0.1, 0.15) is 30.9 Å². The van der Waals surface area contributed by atoms with Crippen LogP contribution in [0.4, 0.5) is 0 Å². The lowest BCUT2D eigenvalue weighted by Crippen LogP contribution is -1.88. The van der Waals surface area contributed by atoms with Gasteiger partial charge in [0, 0.05) is 4.47 Å². The highest BCUT2D eigenvalue weighted by Crippen LogP contribution is 2.19. The molecule has 0 saturated carbocycles. The minimum Gasteiger partial charge on any atom is -0.192 e. The maximum Gasteiger partial charge on any atom is 0.0991 e. The number of benzene rings is 1. The van der Waals surface area contributed by atoms with E-state index in [1.165, 1.54) is 18.4 Å². The van der Waals surface area contributed by atoms with E-state index in [1.54, 1.807) is 0 Å². The summed E-state index contributed by atoms with van der Waals surface area (Å²) in [5, 5.41) is 8.71. The van der Waals surface area contributed by atoms with Crippen LogP contribution in [0.3, 0.4) is 0 Å². The van der Waals surface area contributed by atoms with Gasteiger partial charge in [-0.05, 0) is 36.6 Å². The molecule has 0 aromatic heterocycles. The fourth-order valence-corrected chi connectivity index (χ4v) is 1.65. The molecule has 0 heterocycles. The van der Waals surface area contributed by atoms with E-state index in [-0.39, 0.29) is 0 Å². The molecule has 0 unspecified atom stereocenters. The largest absolute Gasteiger partial charge is 0.192 e. The summed E-state index contributed by atoms with van der Waals surface area (Å²) in [5.74, 6) is 0. The third-order valence-corrected chi connectivity index (χ3v) is 2.75. The second-order valence-corrected chi connectivity index (χ2v) is 3.88. The number of hydrogen-bond acceptors (Lipinski definition) is 1. The van der Waals surface area contributed by atoms with Gasteiger partial charge < -0.3 is 0 Å². The lowest BCUT2D eigenvalue weighted by Gasteiger charge is -2.03. The van der Waals surface area contributed by atoms with Gasteiger partial charge in [0.05, 0.1) is 11.6 Å². The van der Waals surface area contributed by atoms with Crippen LogP contribution in [-0.2, 0) is 6.42 Å². The SMILES string of the molecule is CCCCc1cc(C#N)ccc1Br. The Labute approximate surface area is 87.5 Å². The van der Waals surface area contributed by atoms with Crippen molar-refractivity contribution in [3.05, 3.63) is 33.8 Å². The van der Waals surface area contributed by atoms with Crippen LogP contribution in [0.5, 0.6) is 0 Å². The standard InChI is InChI=1S/C11H12BrN/c1-2-3-4-10-7-9(8-13)5-6-11(10)12/h5-7H,2-4H2,1H3. The van der Waals surface area contributed by atoms with E-state index in [9.17, 15) is 0 Å². The Bertz CT molecular complexity index is 325. The number of hydrogen-bond donors (Lipinski definition) is 0. The van der Waals surface area contributed by atoms with Gasteiger partial charge in [0.2, 0.25) is 0 Å². The molecule has 0 aliphatic rings. The van der Waals surface area contributed by atoms with E-state index in [0.29, 0.717) is 0 Å². The average Bonchev–Trinajstić information content (AvgIpc) is 2.17. The molecule has 13 heavy (non-hydrogen) atoms. The molecular weight excluding hydrogens is 226 g/mol. The van der Waals surface area contributed by atoms with Crippen molar-refractivity contribution in [3.8, 4) is 6.07 Å². The summed E-state index contributed by atoms with van der Waals surface area (Å²) in [7, 11) is 0. The molecule has 0 bridgehead atoms. The van der Waals surface area contributed by atoms with Crippen molar-refractivity contribution in [2.45, 2.75) is 26.2 Å². The van der Waals surface area contributed by atoms with Crippen molar-refractivity contribution in [2.24, 2.45) is 0 Å². The highest BCUT2D eigenvalue weighted by Gasteiger charge is 2.00. The van der Waals surface area contributed by atoms with Crippen LogP contribution in [0.15, 0.2) is 22.7 Å². The monoisotopic (exact) mass is 237 g/mol. The van der Waals surface area contributed by atoms with Crippen molar-refractivity contribution in [1.82, 2.24) is 0 Å². The molecule has 0 saturated heterocycles. The minimum absolute atomic E-state index is 0.745. The molecule has 2 heteroatoms. The molecule has 0 radical (unpaired) electrons. The maximum absolute atomic E-state index is 8.71. The van der Waals surface area contributed by atoms with E-state index in [4.69, 9.17) is 5.26 Å². The number of aryl methyl sites for hydroxylation is 1. The predicted molar refractivity (Wildman–Crippen MR) is 57.5 cm³/mol. The summed E-state index contributed by atoms with van der Waals surface area (Å²) < 4.78 is 1.11. The van der Waals surface area contributed by atoms with Crippen molar-refractivity contribution in [2.75, 3.05) is 0 Å². The van der Waals surface area contributed by atoms with Gasteiger partial charge in [-0.2, -0.15) is 5.26 Å². The van der Waals surface area contributed by atoms with E-state index < -0.39 is 0 Å².